The SMILES string of the molecule is COc1ccc(C(C)(C)C)cc1NC(=O)Nc1ccc(Cc2ccnc(NC(C)c3ccccc3)n2)c2ccccc12. The summed E-state index contributed by atoms with van der Waals surface area (Å²) in [5.41, 5.74) is 5.57. The van der Waals surface area contributed by atoms with Crippen molar-refractivity contribution in [1.29, 1.82) is 0 Å². The van der Waals surface area contributed by atoms with E-state index in [1.807, 2.05) is 72.8 Å². The smallest absolute Gasteiger partial charge is 0.323 e. The van der Waals surface area contributed by atoms with Crippen molar-refractivity contribution in [3.8, 4) is 5.75 Å². The summed E-state index contributed by atoms with van der Waals surface area (Å²) in [6.45, 7) is 8.50. The van der Waals surface area contributed by atoms with E-state index in [0.717, 1.165) is 33.3 Å². The van der Waals surface area contributed by atoms with E-state index in [4.69, 9.17) is 9.72 Å². The van der Waals surface area contributed by atoms with Crippen molar-refractivity contribution in [2.45, 2.75) is 45.6 Å². The van der Waals surface area contributed by atoms with E-state index in [0.29, 0.717) is 23.8 Å². The minimum absolute atomic E-state index is 0.0636. The third kappa shape index (κ3) is 6.69. The van der Waals surface area contributed by atoms with E-state index in [1.165, 1.54) is 5.56 Å². The Morgan fingerprint density at radius 2 is 1.57 bits per heavy atom. The summed E-state index contributed by atoms with van der Waals surface area (Å²) in [6.07, 6.45) is 2.41. The molecule has 5 aromatic rings. The number of aromatic nitrogens is 2. The molecular formula is C35H37N5O2. The molecule has 0 fully saturated rings. The van der Waals surface area contributed by atoms with E-state index >= 15 is 0 Å². The van der Waals surface area contributed by atoms with Gasteiger partial charge in [-0.1, -0.05) is 87.5 Å². The van der Waals surface area contributed by atoms with Crippen LogP contribution in [0.3, 0.4) is 0 Å². The lowest BCUT2D eigenvalue weighted by molar-refractivity contribution is 0.262. The Morgan fingerprint density at radius 3 is 2.31 bits per heavy atom. The van der Waals surface area contributed by atoms with Gasteiger partial charge >= 0.3 is 6.03 Å². The van der Waals surface area contributed by atoms with Crippen LogP contribution < -0.4 is 20.7 Å². The molecule has 1 heterocycles. The van der Waals surface area contributed by atoms with Crippen molar-refractivity contribution in [2.75, 3.05) is 23.1 Å². The molecule has 7 nitrogen and oxygen atoms in total. The first-order valence-electron chi connectivity index (χ1n) is 14.1. The molecule has 214 valence electrons. The summed E-state index contributed by atoms with van der Waals surface area (Å²) in [5, 5.41) is 11.4. The van der Waals surface area contributed by atoms with Crippen LogP contribution in [-0.4, -0.2) is 23.1 Å². The fourth-order valence-corrected chi connectivity index (χ4v) is 4.95. The Labute approximate surface area is 247 Å². The third-order valence-corrected chi connectivity index (χ3v) is 7.31. The van der Waals surface area contributed by atoms with Crippen LogP contribution in [-0.2, 0) is 11.8 Å². The lowest BCUT2D eigenvalue weighted by atomic mass is 9.87. The lowest BCUT2D eigenvalue weighted by Gasteiger charge is -2.21. The second-order valence-corrected chi connectivity index (χ2v) is 11.4. The largest absolute Gasteiger partial charge is 0.495 e. The molecule has 4 aromatic carbocycles. The summed E-state index contributed by atoms with van der Waals surface area (Å²) in [4.78, 5) is 22.4. The molecule has 0 aliphatic carbocycles. The number of hydrogen-bond acceptors (Lipinski definition) is 5. The Bertz CT molecular complexity index is 1700. The van der Waals surface area contributed by atoms with Gasteiger partial charge in [0.1, 0.15) is 5.75 Å². The first-order valence-corrected chi connectivity index (χ1v) is 14.1. The fraction of sp³-hybridized carbons (Fsp3) is 0.229. The predicted molar refractivity (Wildman–Crippen MR) is 172 cm³/mol. The number of fused-ring (bicyclic) bond motifs is 1. The number of carbonyl (C=O) groups excluding carboxylic acids is 1. The van der Waals surface area contributed by atoms with Crippen molar-refractivity contribution in [2.24, 2.45) is 0 Å². The van der Waals surface area contributed by atoms with Crippen LogP contribution in [0.25, 0.3) is 10.8 Å². The third-order valence-electron chi connectivity index (χ3n) is 7.31. The summed E-state index contributed by atoms with van der Waals surface area (Å²) >= 11 is 0. The van der Waals surface area contributed by atoms with E-state index in [-0.39, 0.29) is 17.5 Å². The molecule has 1 unspecified atom stereocenters. The number of nitrogens with one attached hydrogen (secondary N) is 3. The first kappa shape index (κ1) is 28.6. The number of urea groups is 1. The van der Waals surface area contributed by atoms with Crippen LogP contribution in [0.2, 0.25) is 0 Å². The van der Waals surface area contributed by atoms with Crippen molar-refractivity contribution < 1.29 is 9.53 Å². The van der Waals surface area contributed by atoms with Crippen molar-refractivity contribution >= 4 is 34.1 Å². The van der Waals surface area contributed by atoms with E-state index < -0.39 is 0 Å². The van der Waals surface area contributed by atoms with Gasteiger partial charge in [-0.25, -0.2) is 14.8 Å². The molecule has 0 saturated carbocycles. The monoisotopic (exact) mass is 559 g/mol. The van der Waals surface area contributed by atoms with Gasteiger partial charge in [0.25, 0.3) is 0 Å². The highest BCUT2D eigenvalue weighted by Gasteiger charge is 2.18. The van der Waals surface area contributed by atoms with Gasteiger partial charge < -0.3 is 20.7 Å². The predicted octanol–water partition coefficient (Wildman–Crippen LogP) is 8.34. The molecule has 0 aliphatic rings. The quantitative estimate of drug-likeness (QED) is 0.178. The number of anilines is 3. The van der Waals surface area contributed by atoms with Gasteiger partial charge in [0.2, 0.25) is 5.95 Å². The van der Waals surface area contributed by atoms with Gasteiger partial charge in [-0.15, -0.1) is 0 Å². The maximum absolute atomic E-state index is 13.2. The highest BCUT2D eigenvalue weighted by molar-refractivity contribution is 6.07. The molecule has 0 saturated heterocycles. The molecule has 0 aliphatic heterocycles. The molecule has 1 atom stereocenters. The van der Waals surface area contributed by atoms with Crippen LogP contribution in [0.1, 0.15) is 56.1 Å². The lowest BCUT2D eigenvalue weighted by Crippen LogP contribution is -2.21. The fourth-order valence-electron chi connectivity index (χ4n) is 4.95. The van der Waals surface area contributed by atoms with Gasteiger partial charge in [-0.05, 0) is 58.7 Å². The molecule has 5 rings (SSSR count). The Morgan fingerprint density at radius 1 is 0.857 bits per heavy atom. The minimum Gasteiger partial charge on any atom is -0.495 e. The molecule has 2 amide bonds. The number of methoxy groups -OCH3 is 1. The molecule has 0 bridgehead atoms. The van der Waals surface area contributed by atoms with Gasteiger partial charge in [0.05, 0.1) is 30.2 Å². The van der Waals surface area contributed by atoms with E-state index in [1.54, 1.807) is 13.3 Å². The topological polar surface area (TPSA) is 88.2 Å². The van der Waals surface area contributed by atoms with Crippen LogP contribution in [0, 0.1) is 0 Å². The normalized spacial score (nSPS) is 12.0. The van der Waals surface area contributed by atoms with E-state index in [9.17, 15) is 4.79 Å². The second kappa shape index (κ2) is 12.3. The molecule has 1 aromatic heterocycles. The number of ether oxygens (including phenoxy) is 1. The van der Waals surface area contributed by atoms with Crippen LogP contribution in [0.15, 0.2) is 97.2 Å². The first-order chi connectivity index (χ1) is 20.2. The summed E-state index contributed by atoms with van der Waals surface area (Å²) in [5.74, 6) is 1.20. The van der Waals surface area contributed by atoms with Gasteiger partial charge in [0.15, 0.2) is 0 Å². The molecule has 3 N–H and O–H groups in total. The molecule has 7 heteroatoms. The van der Waals surface area contributed by atoms with Crippen molar-refractivity contribution in [3.05, 3.63) is 120 Å². The molecule has 42 heavy (non-hydrogen) atoms. The maximum atomic E-state index is 13.2. The second-order valence-electron chi connectivity index (χ2n) is 11.4. The number of nitrogens with zero attached hydrogens (tertiary/aromatic N) is 2. The zero-order chi connectivity index (χ0) is 29.7. The number of hydrogen-bond donors (Lipinski definition) is 3. The number of amides is 2. The van der Waals surface area contributed by atoms with Gasteiger partial charge in [-0.2, -0.15) is 0 Å². The van der Waals surface area contributed by atoms with Crippen molar-refractivity contribution in [3.63, 3.8) is 0 Å². The highest BCUT2D eigenvalue weighted by Crippen LogP contribution is 2.32. The summed E-state index contributed by atoms with van der Waals surface area (Å²) in [7, 11) is 1.60. The minimum atomic E-state index is -0.337. The van der Waals surface area contributed by atoms with Gasteiger partial charge in [0, 0.05) is 18.0 Å². The Balaban J connectivity index is 1.34. The van der Waals surface area contributed by atoms with Crippen LogP contribution in [0.4, 0.5) is 22.1 Å². The number of rotatable bonds is 8. The van der Waals surface area contributed by atoms with Crippen LogP contribution in [0.5, 0.6) is 5.75 Å². The number of carbonyl (C=O) groups is 1. The number of benzene rings is 4. The zero-order valence-electron chi connectivity index (χ0n) is 24.7. The average Bonchev–Trinajstić information content (AvgIpc) is 2.98. The maximum Gasteiger partial charge on any atom is 0.323 e. The summed E-state index contributed by atoms with van der Waals surface area (Å²) in [6, 6.07) is 29.8. The van der Waals surface area contributed by atoms with Crippen LogP contribution >= 0.6 is 0 Å². The van der Waals surface area contributed by atoms with Gasteiger partial charge in [-0.3, -0.25) is 0 Å². The molecular weight excluding hydrogens is 522 g/mol. The Kier molecular flexibility index (Phi) is 8.38. The summed E-state index contributed by atoms with van der Waals surface area (Å²) < 4.78 is 5.50. The van der Waals surface area contributed by atoms with Crippen molar-refractivity contribution in [1.82, 2.24) is 9.97 Å². The molecule has 0 spiro atoms. The highest BCUT2D eigenvalue weighted by atomic mass is 16.5. The Hall–Kier alpha value is -4.91. The molecule has 0 radical (unpaired) electrons. The average molecular weight is 560 g/mol. The standard InChI is InChI=1S/C35H37N5O2/c1-23(24-11-7-6-8-12-24)37-33-36-20-19-27(38-33)21-25-15-17-30(29-14-10-9-13-28(25)29)39-34(41)40-31-22-26(35(2,3)4)16-18-32(31)42-5/h6-20,22-23H,21H2,1-5H3,(H,36,37,38)(H2,39,40,41). The van der Waals surface area contributed by atoms with E-state index in [2.05, 4.69) is 66.8 Å². The zero-order valence-corrected chi connectivity index (χ0v) is 24.7.